The molecule has 1 N–H and O–H groups in total. The van der Waals surface area contributed by atoms with Crippen LogP contribution < -0.4 is 14.8 Å². The van der Waals surface area contributed by atoms with Gasteiger partial charge in [-0.15, -0.1) is 0 Å². The highest BCUT2D eigenvalue weighted by Crippen LogP contribution is 2.30. The minimum Gasteiger partial charge on any atom is -0.493 e. The maximum Gasteiger partial charge on any atom is 0.290 e. The van der Waals surface area contributed by atoms with Crippen molar-refractivity contribution in [1.82, 2.24) is 5.32 Å². The number of ether oxygens (including phenoxy) is 2. The van der Waals surface area contributed by atoms with Crippen LogP contribution in [0.15, 0.2) is 47.4 Å². The van der Waals surface area contributed by atoms with Crippen LogP contribution in [0.3, 0.4) is 0 Å². The highest BCUT2D eigenvalue weighted by molar-refractivity contribution is 8.18. The topological polar surface area (TPSA) is 64.6 Å². The molecule has 0 aliphatic carbocycles. The lowest BCUT2D eigenvalue weighted by Gasteiger charge is -2.13. The molecule has 2 aromatic carbocycles. The molecular formula is C19H16ClNO4S. The van der Waals surface area contributed by atoms with Crippen molar-refractivity contribution in [2.24, 2.45) is 0 Å². The fourth-order valence-electron chi connectivity index (χ4n) is 2.36. The number of halogens is 1. The number of imide groups is 1. The fraction of sp³-hybridized carbons (Fsp3) is 0.158. The molecule has 0 spiro atoms. The summed E-state index contributed by atoms with van der Waals surface area (Å²) in [5.74, 6) is 0.869. The number of hydrogen-bond acceptors (Lipinski definition) is 5. The molecule has 2 aromatic rings. The highest BCUT2D eigenvalue weighted by atomic mass is 35.5. The summed E-state index contributed by atoms with van der Waals surface area (Å²) in [6, 6.07) is 12.8. The van der Waals surface area contributed by atoms with E-state index in [1.807, 2.05) is 37.3 Å². The Morgan fingerprint density at radius 2 is 1.92 bits per heavy atom. The summed E-state index contributed by atoms with van der Waals surface area (Å²) in [5, 5.41) is 2.41. The Morgan fingerprint density at radius 1 is 1.12 bits per heavy atom. The van der Waals surface area contributed by atoms with E-state index in [0.717, 1.165) is 22.9 Å². The van der Waals surface area contributed by atoms with E-state index in [2.05, 4.69) is 5.32 Å². The Hall–Kier alpha value is -2.44. The van der Waals surface area contributed by atoms with Crippen molar-refractivity contribution in [2.45, 2.75) is 13.5 Å². The maximum absolute atomic E-state index is 11.7. The molecule has 134 valence electrons. The molecule has 1 aliphatic heterocycles. The number of hydrogen-bond donors (Lipinski definition) is 1. The van der Waals surface area contributed by atoms with Gasteiger partial charge in [-0.1, -0.05) is 35.9 Å². The Labute approximate surface area is 160 Å². The number of para-hydroxylation sites is 1. The molecule has 1 heterocycles. The highest BCUT2D eigenvalue weighted by Gasteiger charge is 2.25. The molecule has 0 radical (unpaired) electrons. The molecule has 1 aliphatic rings. The normalized spacial score (nSPS) is 15.2. The van der Waals surface area contributed by atoms with Crippen molar-refractivity contribution in [3.63, 3.8) is 0 Å². The van der Waals surface area contributed by atoms with E-state index in [-0.39, 0.29) is 11.1 Å². The number of benzene rings is 2. The Morgan fingerprint density at radius 3 is 2.62 bits per heavy atom. The van der Waals surface area contributed by atoms with Crippen molar-refractivity contribution in [3.05, 3.63) is 63.5 Å². The standard InChI is InChI=1S/C19H16ClNO4S/c1-2-24-16-9-12(10-17-18(22)21-19(23)26-17)7-8-13(16)11-25-15-6-4-3-5-14(15)20/h3-10H,2,11H2,1H3,(H,21,22,23). The van der Waals surface area contributed by atoms with E-state index in [9.17, 15) is 9.59 Å². The molecule has 0 bridgehead atoms. The maximum atomic E-state index is 11.7. The lowest BCUT2D eigenvalue weighted by atomic mass is 10.1. The second kappa shape index (κ2) is 8.29. The summed E-state index contributed by atoms with van der Waals surface area (Å²) in [4.78, 5) is 23.3. The van der Waals surface area contributed by atoms with Crippen LogP contribution in [-0.2, 0) is 11.4 Å². The first-order valence-electron chi connectivity index (χ1n) is 7.94. The van der Waals surface area contributed by atoms with Gasteiger partial charge in [0.25, 0.3) is 11.1 Å². The second-order valence-electron chi connectivity index (χ2n) is 5.37. The summed E-state index contributed by atoms with van der Waals surface area (Å²) >= 11 is 6.99. The van der Waals surface area contributed by atoms with Gasteiger partial charge in [0.15, 0.2) is 0 Å². The number of rotatable bonds is 6. The molecule has 2 amide bonds. The van der Waals surface area contributed by atoms with E-state index in [4.69, 9.17) is 21.1 Å². The second-order valence-corrected chi connectivity index (χ2v) is 6.79. The van der Waals surface area contributed by atoms with Gasteiger partial charge >= 0.3 is 0 Å². The zero-order valence-corrected chi connectivity index (χ0v) is 15.5. The minimum atomic E-state index is -0.385. The molecule has 1 saturated heterocycles. The van der Waals surface area contributed by atoms with Crippen molar-refractivity contribution in [3.8, 4) is 11.5 Å². The van der Waals surface area contributed by atoms with E-state index < -0.39 is 0 Å². The first-order valence-corrected chi connectivity index (χ1v) is 9.14. The third kappa shape index (κ3) is 4.39. The van der Waals surface area contributed by atoms with Crippen molar-refractivity contribution in [1.29, 1.82) is 0 Å². The van der Waals surface area contributed by atoms with Crippen LogP contribution in [0, 0.1) is 0 Å². The van der Waals surface area contributed by atoms with Crippen molar-refractivity contribution < 1.29 is 19.1 Å². The predicted octanol–water partition coefficient (Wildman–Crippen LogP) is 4.64. The van der Waals surface area contributed by atoms with Crippen LogP contribution in [0.2, 0.25) is 5.02 Å². The average molecular weight is 390 g/mol. The lowest BCUT2D eigenvalue weighted by molar-refractivity contribution is -0.115. The lowest BCUT2D eigenvalue weighted by Crippen LogP contribution is -2.17. The molecule has 0 unspecified atom stereocenters. The Kier molecular flexibility index (Phi) is 5.85. The zero-order chi connectivity index (χ0) is 18.5. The number of carbonyl (C=O) groups is 2. The van der Waals surface area contributed by atoms with E-state index in [1.54, 1.807) is 18.2 Å². The molecule has 3 rings (SSSR count). The Balaban J connectivity index is 1.80. The number of nitrogens with one attached hydrogen (secondary N) is 1. The molecule has 0 atom stereocenters. The van der Waals surface area contributed by atoms with Gasteiger partial charge in [-0.3, -0.25) is 14.9 Å². The predicted molar refractivity (Wildman–Crippen MR) is 103 cm³/mol. The van der Waals surface area contributed by atoms with Crippen LogP contribution in [0.1, 0.15) is 18.1 Å². The zero-order valence-electron chi connectivity index (χ0n) is 14.0. The molecule has 1 fully saturated rings. The summed E-state index contributed by atoms with van der Waals surface area (Å²) in [7, 11) is 0. The van der Waals surface area contributed by atoms with Crippen LogP contribution in [-0.4, -0.2) is 17.8 Å². The number of carbonyl (C=O) groups excluding carboxylic acids is 2. The van der Waals surface area contributed by atoms with Crippen molar-refractivity contribution >= 4 is 40.6 Å². The summed E-state index contributed by atoms with van der Waals surface area (Å²) in [6.07, 6.45) is 1.66. The minimum absolute atomic E-state index is 0.295. The SMILES string of the molecule is CCOc1cc(C=C2SC(=O)NC2=O)ccc1COc1ccccc1Cl. The fourth-order valence-corrected chi connectivity index (χ4v) is 3.23. The van der Waals surface area contributed by atoms with Gasteiger partial charge in [-0.2, -0.15) is 0 Å². The molecule has 7 heteroatoms. The quantitative estimate of drug-likeness (QED) is 0.729. The van der Waals surface area contributed by atoms with Gasteiger partial charge in [0, 0.05) is 5.56 Å². The molecule has 5 nitrogen and oxygen atoms in total. The van der Waals surface area contributed by atoms with Gasteiger partial charge in [-0.05, 0) is 48.5 Å². The molecular weight excluding hydrogens is 374 g/mol. The third-order valence-electron chi connectivity index (χ3n) is 3.55. The van der Waals surface area contributed by atoms with Crippen LogP contribution >= 0.6 is 23.4 Å². The molecule has 0 aromatic heterocycles. The van der Waals surface area contributed by atoms with E-state index in [0.29, 0.717) is 34.6 Å². The molecule has 26 heavy (non-hydrogen) atoms. The van der Waals surface area contributed by atoms with Crippen LogP contribution in [0.4, 0.5) is 4.79 Å². The van der Waals surface area contributed by atoms with E-state index in [1.165, 1.54) is 0 Å². The number of amides is 2. The third-order valence-corrected chi connectivity index (χ3v) is 4.67. The average Bonchev–Trinajstić information content (AvgIpc) is 2.93. The van der Waals surface area contributed by atoms with Gasteiger partial charge in [0.05, 0.1) is 16.5 Å². The van der Waals surface area contributed by atoms with Gasteiger partial charge in [0.2, 0.25) is 0 Å². The smallest absolute Gasteiger partial charge is 0.290 e. The van der Waals surface area contributed by atoms with Gasteiger partial charge < -0.3 is 9.47 Å². The van der Waals surface area contributed by atoms with E-state index >= 15 is 0 Å². The van der Waals surface area contributed by atoms with Crippen molar-refractivity contribution in [2.75, 3.05) is 6.61 Å². The summed E-state index contributed by atoms with van der Waals surface area (Å²) < 4.78 is 11.5. The Bertz CT molecular complexity index is 882. The first-order chi connectivity index (χ1) is 12.6. The first kappa shape index (κ1) is 18.4. The van der Waals surface area contributed by atoms with Crippen LogP contribution in [0.25, 0.3) is 6.08 Å². The van der Waals surface area contributed by atoms with Gasteiger partial charge in [0.1, 0.15) is 18.1 Å². The largest absolute Gasteiger partial charge is 0.493 e. The van der Waals surface area contributed by atoms with Crippen LogP contribution in [0.5, 0.6) is 11.5 Å². The van der Waals surface area contributed by atoms with Gasteiger partial charge in [-0.25, -0.2) is 0 Å². The summed E-state index contributed by atoms with van der Waals surface area (Å²) in [5.41, 5.74) is 1.62. The molecule has 0 saturated carbocycles. The summed E-state index contributed by atoms with van der Waals surface area (Å²) in [6.45, 7) is 2.68. The monoisotopic (exact) mass is 389 g/mol. The number of thioether (sulfide) groups is 1.